The smallest absolute Gasteiger partial charge is 0.311 e. The number of hydrogen-bond acceptors (Lipinski definition) is 1. The first-order chi connectivity index (χ1) is 8.75. The fourth-order valence-electron chi connectivity index (χ4n) is 1.74. The quantitative estimate of drug-likeness (QED) is 0.810. The first-order valence-electron chi connectivity index (χ1n) is 6.04. The Morgan fingerprint density at radius 3 is 2.53 bits per heavy atom. The molecule has 1 aromatic rings. The van der Waals surface area contributed by atoms with Gasteiger partial charge < -0.3 is 5.32 Å². The predicted molar refractivity (Wildman–Crippen MR) is 68.2 cm³/mol. The van der Waals surface area contributed by atoms with Gasteiger partial charge in [0, 0.05) is 6.04 Å². The molecular formula is C14H17F4N. The highest BCUT2D eigenvalue weighted by molar-refractivity contribution is 5.58. The van der Waals surface area contributed by atoms with Crippen molar-refractivity contribution in [2.75, 3.05) is 6.54 Å². The molecule has 0 saturated heterocycles. The molecule has 0 spiro atoms. The molecule has 1 nitrogen and oxygen atoms in total. The highest BCUT2D eigenvalue weighted by atomic mass is 19.4. The van der Waals surface area contributed by atoms with Gasteiger partial charge in [0.15, 0.2) is 0 Å². The van der Waals surface area contributed by atoms with Crippen LogP contribution in [-0.4, -0.2) is 12.6 Å². The van der Waals surface area contributed by atoms with Crippen molar-refractivity contribution in [2.24, 2.45) is 0 Å². The first kappa shape index (κ1) is 15.7. The van der Waals surface area contributed by atoms with Crippen molar-refractivity contribution in [2.45, 2.75) is 33.0 Å². The molecule has 0 bridgehead atoms. The number of alkyl halides is 3. The van der Waals surface area contributed by atoms with E-state index in [1.807, 2.05) is 13.8 Å². The van der Waals surface area contributed by atoms with E-state index in [-0.39, 0.29) is 11.6 Å². The Bertz CT molecular complexity index is 463. The molecule has 0 aliphatic rings. The van der Waals surface area contributed by atoms with Crippen molar-refractivity contribution in [1.29, 1.82) is 0 Å². The zero-order valence-corrected chi connectivity index (χ0v) is 11.1. The molecule has 1 rings (SSSR count). The van der Waals surface area contributed by atoms with Crippen molar-refractivity contribution in [3.05, 3.63) is 40.7 Å². The molecule has 1 aromatic carbocycles. The molecule has 19 heavy (non-hydrogen) atoms. The van der Waals surface area contributed by atoms with Gasteiger partial charge in [0.2, 0.25) is 0 Å². The first-order valence-corrected chi connectivity index (χ1v) is 6.04. The number of nitrogens with one attached hydrogen (secondary N) is 1. The average Bonchev–Trinajstić information content (AvgIpc) is 2.30. The van der Waals surface area contributed by atoms with Crippen LogP contribution < -0.4 is 5.32 Å². The highest BCUT2D eigenvalue weighted by Crippen LogP contribution is 2.33. The van der Waals surface area contributed by atoms with Gasteiger partial charge >= 0.3 is 6.18 Å². The normalized spacial score (nSPS) is 14.6. The van der Waals surface area contributed by atoms with E-state index >= 15 is 0 Å². The molecule has 1 N–H and O–H groups in total. The molecule has 0 amide bonds. The summed E-state index contributed by atoms with van der Waals surface area (Å²) in [6.45, 7) is 6.26. The van der Waals surface area contributed by atoms with Crippen LogP contribution >= 0.6 is 0 Å². The minimum atomic E-state index is -4.56. The zero-order chi connectivity index (χ0) is 14.6. The SMILES string of the molecule is CCNC(C)/C(C)=C/c1ccc(F)cc1C(F)(F)F. The summed E-state index contributed by atoms with van der Waals surface area (Å²) >= 11 is 0. The summed E-state index contributed by atoms with van der Waals surface area (Å²) in [5.41, 5.74) is -0.203. The molecule has 0 aliphatic heterocycles. The van der Waals surface area contributed by atoms with E-state index in [0.29, 0.717) is 6.07 Å². The Labute approximate surface area is 110 Å². The minimum absolute atomic E-state index is 0.0175. The highest BCUT2D eigenvalue weighted by Gasteiger charge is 2.33. The second-order valence-corrected chi connectivity index (χ2v) is 4.40. The third-order valence-electron chi connectivity index (χ3n) is 2.90. The maximum Gasteiger partial charge on any atom is 0.417 e. The Morgan fingerprint density at radius 1 is 1.37 bits per heavy atom. The Balaban J connectivity index is 3.17. The van der Waals surface area contributed by atoms with Crippen LogP contribution in [0.1, 0.15) is 31.9 Å². The van der Waals surface area contributed by atoms with E-state index in [9.17, 15) is 17.6 Å². The predicted octanol–water partition coefficient (Wildman–Crippen LogP) is 4.25. The molecule has 0 radical (unpaired) electrons. The van der Waals surface area contributed by atoms with Gasteiger partial charge in [-0.1, -0.05) is 24.6 Å². The standard InChI is InChI=1S/C14H17F4N/c1-4-19-10(3)9(2)7-11-5-6-12(15)8-13(11)14(16,17)18/h5-8,10,19H,4H2,1-3H3/b9-7+. The summed E-state index contributed by atoms with van der Waals surface area (Å²) in [4.78, 5) is 0. The summed E-state index contributed by atoms with van der Waals surface area (Å²) in [5.74, 6) is -0.887. The Hall–Kier alpha value is -1.36. The number of likely N-dealkylation sites (N-methyl/N-ethyl adjacent to an activating group) is 1. The van der Waals surface area contributed by atoms with E-state index in [1.54, 1.807) is 6.92 Å². The fraction of sp³-hybridized carbons (Fsp3) is 0.429. The average molecular weight is 275 g/mol. The van der Waals surface area contributed by atoms with Gasteiger partial charge in [0.25, 0.3) is 0 Å². The summed E-state index contributed by atoms with van der Waals surface area (Å²) in [6.07, 6.45) is -3.12. The lowest BCUT2D eigenvalue weighted by Gasteiger charge is -2.15. The van der Waals surface area contributed by atoms with Crippen LogP contribution in [0.15, 0.2) is 23.8 Å². The lowest BCUT2D eigenvalue weighted by Crippen LogP contribution is -2.26. The van der Waals surface area contributed by atoms with Crippen molar-refractivity contribution < 1.29 is 17.6 Å². The van der Waals surface area contributed by atoms with Crippen LogP contribution in [-0.2, 0) is 6.18 Å². The number of rotatable bonds is 4. The number of benzene rings is 1. The molecule has 5 heteroatoms. The molecule has 1 atom stereocenters. The molecule has 106 valence electrons. The molecule has 0 aromatic heterocycles. The van der Waals surface area contributed by atoms with Crippen LogP contribution in [0, 0.1) is 5.82 Å². The maximum atomic E-state index is 13.0. The third-order valence-corrected chi connectivity index (χ3v) is 2.90. The largest absolute Gasteiger partial charge is 0.417 e. The lowest BCUT2D eigenvalue weighted by atomic mass is 10.0. The van der Waals surface area contributed by atoms with Gasteiger partial charge in [-0.3, -0.25) is 0 Å². The molecule has 0 fully saturated rings. The summed E-state index contributed by atoms with van der Waals surface area (Å²) in [5, 5.41) is 3.11. The van der Waals surface area contributed by atoms with Crippen molar-refractivity contribution >= 4 is 6.08 Å². The van der Waals surface area contributed by atoms with Crippen molar-refractivity contribution in [1.82, 2.24) is 5.32 Å². The van der Waals surface area contributed by atoms with Gasteiger partial charge in [0.05, 0.1) is 5.56 Å². The Morgan fingerprint density at radius 2 is 2.00 bits per heavy atom. The fourth-order valence-corrected chi connectivity index (χ4v) is 1.74. The molecular weight excluding hydrogens is 258 g/mol. The van der Waals surface area contributed by atoms with Crippen LogP contribution in [0.25, 0.3) is 6.08 Å². The number of halogens is 4. The van der Waals surface area contributed by atoms with Gasteiger partial charge in [-0.05, 0) is 38.1 Å². The van der Waals surface area contributed by atoms with Gasteiger partial charge in [-0.25, -0.2) is 4.39 Å². The third kappa shape index (κ3) is 4.35. The maximum absolute atomic E-state index is 13.0. The van der Waals surface area contributed by atoms with Crippen LogP contribution in [0.5, 0.6) is 0 Å². The van der Waals surface area contributed by atoms with E-state index in [1.165, 1.54) is 6.08 Å². The summed E-state index contributed by atoms with van der Waals surface area (Å²) in [6, 6.07) is 2.68. The molecule has 1 unspecified atom stereocenters. The number of hydrogen-bond donors (Lipinski definition) is 1. The van der Waals surface area contributed by atoms with Crippen LogP contribution in [0.3, 0.4) is 0 Å². The molecule has 0 heterocycles. The van der Waals surface area contributed by atoms with Gasteiger partial charge in [-0.2, -0.15) is 13.2 Å². The minimum Gasteiger partial charge on any atom is -0.311 e. The van der Waals surface area contributed by atoms with Crippen molar-refractivity contribution in [3.8, 4) is 0 Å². The van der Waals surface area contributed by atoms with Gasteiger partial charge in [0.1, 0.15) is 5.82 Å². The van der Waals surface area contributed by atoms with Crippen molar-refractivity contribution in [3.63, 3.8) is 0 Å². The summed E-state index contributed by atoms with van der Waals surface area (Å²) < 4.78 is 51.4. The van der Waals surface area contributed by atoms with E-state index in [0.717, 1.165) is 24.3 Å². The zero-order valence-electron chi connectivity index (χ0n) is 11.1. The van der Waals surface area contributed by atoms with Crippen LogP contribution in [0.4, 0.5) is 17.6 Å². The van der Waals surface area contributed by atoms with E-state index in [4.69, 9.17) is 0 Å². The van der Waals surface area contributed by atoms with E-state index in [2.05, 4.69) is 5.32 Å². The second kappa shape index (κ2) is 6.19. The topological polar surface area (TPSA) is 12.0 Å². The summed E-state index contributed by atoms with van der Waals surface area (Å²) in [7, 11) is 0. The monoisotopic (exact) mass is 275 g/mol. The molecule has 0 aliphatic carbocycles. The van der Waals surface area contributed by atoms with Gasteiger partial charge in [-0.15, -0.1) is 0 Å². The Kier molecular flexibility index (Phi) is 5.11. The van der Waals surface area contributed by atoms with Crippen LogP contribution in [0.2, 0.25) is 0 Å². The second-order valence-electron chi connectivity index (χ2n) is 4.40. The molecule has 0 saturated carbocycles. The van der Waals surface area contributed by atoms with E-state index < -0.39 is 17.6 Å². The lowest BCUT2D eigenvalue weighted by molar-refractivity contribution is -0.137.